The van der Waals surface area contributed by atoms with Crippen LogP contribution in [0.5, 0.6) is 0 Å². The molecule has 0 spiro atoms. The van der Waals surface area contributed by atoms with E-state index in [1.807, 2.05) is 34.9 Å². The van der Waals surface area contributed by atoms with E-state index in [9.17, 15) is 18.0 Å². The van der Waals surface area contributed by atoms with Crippen LogP contribution in [0, 0.1) is 0 Å². The minimum atomic E-state index is -4.48. The normalized spacial score (nSPS) is 11.7. The molecule has 1 heterocycles. The smallest absolute Gasteiger partial charge is 0.422 e. The van der Waals surface area contributed by atoms with E-state index in [0.29, 0.717) is 6.54 Å². The Labute approximate surface area is 107 Å². The number of halogens is 3. The Morgan fingerprint density at radius 3 is 2.68 bits per heavy atom. The summed E-state index contributed by atoms with van der Waals surface area (Å²) in [6, 6.07) is 9.45. The SMILES string of the molecule is O=C(CCn1ccc2ccccc21)OCC(F)(F)F. The van der Waals surface area contributed by atoms with Gasteiger partial charge in [-0.3, -0.25) is 4.79 Å². The summed E-state index contributed by atoms with van der Waals surface area (Å²) >= 11 is 0. The maximum atomic E-state index is 11.9. The van der Waals surface area contributed by atoms with Crippen molar-refractivity contribution in [2.45, 2.75) is 19.1 Å². The summed E-state index contributed by atoms with van der Waals surface area (Å²) in [5, 5.41) is 1.02. The Hall–Kier alpha value is -1.98. The second-order valence-electron chi connectivity index (χ2n) is 4.09. The molecule has 0 atom stereocenters. The first-order valence-electron chi connectivity index (χ1n) is 5.72. The zero-order valence-electron chi connectivity index (χ0n) is 9.98. The maximum Gasteiger partial charge on any atom is 0.422 e. The molecule has 2 rings (SSSR count). The highest BCUT2D eigenvalue weighted by Crippen LogP contribution is 2.17. The first-order valence-corrected chi connectivity index (χ1v) is 5.72. The van der Waals surface area contributed by atoms with E-state index in [-0.39, 0.29) is 6.42 Å². The van der Waals surface area contributed by atoms with Gasteiger partial charge >= 0.3 is 12.1 Å². The molecule has 6 heteroatoms. The first kappa shape index (κ1) is 13.5. The van der Waals surface area contributed by atoms with Gasteiger partial charge in [-0.15, -0.1) is 0 Å². The van der Waals surface area contributed by atoms with Gasteiger partial charge in [0.2, 0.25) is 0 Å². The number of alkyl halides is 3. The Bertz CT molecular complexity index is 575. The minimum Gasteiger partial charge on any atom is -0.456 e. The van der Waals surface area contributed by atoms with E-state index in [0.717, 1.165) is 10.9 Å². The number of hydrogen-bond acceptors (Lipinski definition) is 2. The summed E-state index contributed by atoms with van der Waals surface area (Å²) in [5.74, 6) is -0.852. The molecular formula is C13H12F3NO2. The van der Waals surface area contributed by atoms with Crippen LogP contribution in [0.1, 0.15) is 6.42 Å². The predicted molar refractivity (Wildman–Crippen MR) is 63.6 cm³/mol. The summed E-state index contributed by atoms with van der Waals surface area (Å²) in [5.41, 5.74) is 0.936. The topological polar surface area (TPSA) is 31.2 Å². The van der Waals surface area contributed by atoms with Crippen LogP contribution in [0.3, 0.4) is 0 Å². The second-order valence-corrected chi connectivity index (χ2v) is 4.09. The molecule has 19 heavy (non-hydrogen) atoms. The van der Waals surface area contributed by atoms with Crippen molar-refractivity contribution in [1.29, 1.82) is 0 Å². The van der Waals surface area contributed by atoms with E-state index < -0.39 is 18.8 Å². The number of carbonyl (C=O) groups excluding carboxylic acids is 1. The Morgan fingerprint density at radius 2 is 1.95 bits per heavy atom. The summed E-state index contributed by atoms with van der Waals surface area (Å²) in [7, 11) is 0. The average Bonchev–Trinajstić information content (AvgIpc) is 2.76. The molecule has 0 saturated heterocycles. The van der Waals surface area contributed by atoms with E-state index >= 15 is 0 Å². The molecule has 2 aromatic rings. The van der Waals surface area contributed by atoms with Gasteiger partial charge in [-0.25, -0.2) is 0 Å². The summed E-state index contributed by atoms with van der Waals surface area (Å²) < 4.78 is 41.5. The van der Waals surface area contributed by atoms with Gasteiger partial charge < -0.3 is 9.30 Å². The third kappa shape index (κ3) is 3.74. The van der Waals surface area contributed by atoms with Crippen LogP contribution < -0.4 is 0 Å². The van der Waals surface area contributed by atoms with Gasteiger partial charge in [0.15, 0.2) is 6.61 Å². The van der Waals surface area contributed by atoms with Crippen LogP contribution in [-0.4, -0.2) is 23.3 Å². The highest BCUT2D eigenvalue weighted by atomic mass is 19.4. The zero-order valence-corrected chi connectivity index (χ0v) is 9.98. The van der Waals surface area contributed by atoms with E-state index in [2.05, 4.69) is 4.74 Å². The number of ether oxygens (including phenoxy) is 1. The number of nitrogens with zero attached hydrogens (tertiary/aromatic N) is 1. The monoisotopic (exact) mass is 271 g/mol. The molecule has 0 bridgehead atoms. The Kier molecular flexibility index (Phi) is 3.78. The molecule has 1 aromatic carbocycles. The number of carbonyl (C=O) groups is 1. The third-order valence-corrected chi connectivity index (χ3v) is 2.63. The molecule has 0 unspecified atom stereocenters. The van der Waals surface area contributed by atoms with Crippen LogP contribution >= 0.6 is 0 Å². The lowest BCUT2D eigenvalue weighted by molar-refractivity contribution is -0.186. The summed E-state index contributed by atoms with van der Waals surface area (Å²) in [4.78, 5) is 11.2. The van der Waals surface area contributed by atoms with Crippen LogP contribution in [-0.2, 0) is 16.1 Å². The fourth-order valence-corrected chi connectivity index (χ4v) is 1.78. The van der Waals surface area contributed by atoms with Crippen molar-refractivity contribution in [2.24, 2.45) is 0 Å². The molecule has 0 N–H and O–H groups in total. The standard InChI is InChI=1S/C13H12F3NO2/c14-13(15,16)9-19-12(18)6-8-17-7-5-10-3-1-2-4-11(10)17/h1-5,7H,6,8-9H2. The lowest BCUT2D eigenvalue weighted by Gasteiger charge is -2.08. The fraction of sp³-hybridized carbons (Fsp3) is 0.308. The lowest BCUT2D eigenvalue weighted by atomic mass is 10.2. The average molecular weight is 271 g/mol. The molecule has 0 saturated carbocycles. The van der Waals surface area contributed by atoms with Crippen molar-refractivity contribution in [3.8, 4) is 0 Å². The number of esters is 1. The summed E-state index contributed by atoms with van der Waals surface area (Å²) in [6.07, 6.45) is -2.77. The molecule has 3 nitrogen and oxygen atoms in total. The number of rotatable bonds is 4. The van der Waals surface area contributed by atoms with Crippen molar-refractivity contribution in [3.05, 3.63) is 36.5 Å². The Morgan fingerprint density at radius 1 is 1.21 bits per heavy atom. The van der Waals surface area contributed by atoms with Crippen LogP contribution in [0.15, 0.2) is 36.5 Å². The quantitative estimate of drug-likeness (QED) is 0.800. The van der Waals surface area contributed by atoms with Gasteiger partial charge in [-0.2, -0.15) is 13.2 Å². The van der Waals surface area contributed by atoms with E-state index in [1.165, 1.54) is 0 Å². The number of para-hydroxylation sites is 1. The fourth-order valence-electron chi connectivity index (χ4n) is 1.78. The Balaban J connectivity index is 1.90. The van der Waals surface area contributed by atoms with E-state index in [1.54, 1.807) is 6.20 Å². The van der Waals surface area contributed by atoms with Gasteiger partial charge in [-0.05, 0) is 17.5 Å². The van der Waals surface area contributed by atoms with Crippen molar-refractivity contribution < 1.29 is 22.7 Å². The van der Waals surface area contributed by atoms with Crippen molar-refractivity contribution in [3.63, 3.8) is 0 Å². The van der Waals surface area contributed by atoms with Gasteiger partial charge in [0.05, 0.1) is 6.42 Å². The molecular weight excluding hydrogens is 259 g/mol. The first-order chi connectivity index (χ1) is 8.96. The number of benzene rings is 1. The van der Waals surface area contributed by atoms with Gasteiger partial charge in [-0.1, -0.05) is 18.2 Å². The summed E-state index contributed by atoms with van der Waals surface area (Å²) in [6.45, 7) is -1.23. The molecule has 0 radical (unpaired) electrons. The van der Waals surface area contributed by atoms with Crippen molar-refractivity contribution >= 4 is 16.9 Å². The number of hydrogen-bond donors (Lipinski definition) is 0. The lowest BCUT2D eigenvalue weighted by Crippen LogP contribution is -2.20. The van der Waals surface area contributed by atoms with Gasteiger partial charge in [0.1, 0.15) is 0 Å². The minimum absolute atomic E-state index is 0.0885. The predicted octanol–water partition coefficient (Wildman–Crippen LogP) is 3.14. The zero-order chi connectivity index (χ0) is 13.9. The van der Waals surface area contributed by atoms with E-state index in [4.69, 9.17) is 0 Å². The molecule has 0 amide bonds. The number of aryl methyl sites for hydroxylation is 1. The number of aromatic nitrogens is 1. The highest BCUT2D eigenvalue weighted by molar-refractivity contribution is 5.80. The maximum absolute atomic E-state index is 11.9. The third-order valence-electron chi connectivity index (χ3n) is 2.63. The number of fused-ring (bicyclic) bond motifs is 1. The highest BCUT2D eigenvalue weighted by Gasteiger charge is 2.29. The molecule has 0 aliphatic rings. The van der Waals surface area contributed by atoms with Gasteiger partial charge in [0, 0.05) is 18.3 Å². The van der Waals surface area contributed by atoms with Crippen LogP contribution in [0.4, 0.5) is 13.2 Å². The molecule has 0 aliphatic carbocycles. The molecule has 0 aliphatic heterocycles. The van der Waals surface area contributed by atoms with Crippen LogP contribution in [0.25, 0.3) is 10.9 Å². The largest absolute Gasteiger partial charge is 0.456 e. The second kappa shape index (κ2) is 5.34. The molecule has 1 aromatic heterocycles. The van der Waals surface area contributed by atoms with Crippen molar-refractivity contribution in [2.75, 3.05) is 6.61 Å². The molecule has 0 fully saturated rings. The van der Waals surface area contributed by atoms with Gasteiger partial charge in [0.25, 0.3) is 0 Å². The van der Waals surface area contributed by atoms with Crippen molar-refractivity contribution in [1.82, 2.24) is 4.57 Å². The van der Waals surface area contributed by atoms with Crippen LogP contribution in [0.2, 0.25) is 0 Å². The molecule has 102 valence electrons.